The van der Waals surface area contributed by atoms with Crippen LogP contribution in [-0.4, -0.2) is 25.8 Å². The highest BCUT2D eigenvalue weighted by Gasteiger charge is 2.13. The standard InChI is InChI=1S/C7H15NO/c1-2-5-9-7-3-4-8-6-7/h7-8H,2-6H2,1H3/t7-/m0/s1. The minimum Gasteiger partial charge on any atom is -0.377 e. The second-order valence-electron chi connectivity index (χ2n) is 2.49. The Morgan fingerprint density at radius 3 is 3.11 bits per heavy atom. The molecule has 1 rings (SSSR count). The Labute approximate surface area is 56.6 Å². The van der Waals surface area contributed by atoms with Crippen LogP contribution in [0, 0.1) is 0 Å². The van der Waals surface area contributed by atoms with Crippen LogP contribution < -0.4 is 5.32 Å². The minimum absolute atomic E-state index is 0.505. The number of hydrogen-bond acceptors (Lipinski definition) is 2. The smallest absolute Gasteiger partial charge is 0.0711 e. The molecule has 1 heterocycles. The van der Waals surface area contributed by atoms with Crippen molar-refractivity contribution in [2.45, 2.75) is 25.9 Å². The molecule has 0 aromatic carbocycles. The maximum absolute atomic E-state index is 5.49. The summed E-state index contributed by atoms with van der Waals surface area (Å²) in [6.45, 7) is 5.25. The minimum atomic E-state index is 0.505. The van der Waals surface area contributed by atoms with E-state index in [0.29, 0.717) is 6.10 Å². The Morgan fingerprint density at radius 2 is 2.56 bits per heavy atom. The van der Waals surface area contributed by atoms with E-state index in [1.54, 1.807) is 0 Å². The van der Waals surface area contributed by atoms with E-state index >= 15 is 0 Å². The molecule has 1 aliphatic rings. The van der Waals surface area contributed by atoms with Gasteiger partial charge in [0.15, 0.2) is 0 Å². The Balaban J connectivity index is 1.98. The third-order valence-electron chi connectivity index (χ3n) is 1.57. The van der Waals surface area contributed by atoms with E-state index in [2.05, 4.69) is 12.2 Å². The van der Waals surface area contributed by atoms with Gasteiger partial charge in [-0.15, -0.1) is 0 Å². The van der Waals surface area contributed by atoms with Crippen LogP contribution in [-0.2, 0) is 4.74 Å². The summed E-state index contributed by atoms with van der Waals surface area (Å²) in [5.74, 6) is 0. The molecule has 9 heavy (non-hydrogen) atoms. The van der Waals surface area contributed by atoms with Crippen LogP contribution in [0.3, 0.4) is 0 Å². The fourth-order valence-corrected chi connectivity index (χ4v) is 1.05. The van der Waals surface area contributed by atoms with Gasteiger partial charge in [0.1, 0.15) is 0 Å². The molecule has 0 bridgehead atoms. The fourth-order valence-electron chi connectivity index (χ4n) is 1.05. The molecule has 1 atom stereocenters. The van der Waals surface area contributed by atoms with Crippen LogP contribution >= 0.6 is 0 Å². The Bertz CT molecular complexity index is 69.3. The van der Waals surface area contributed by atoms with Crippen LogP contribution in [0.1, 0.15) is 19.8 Å². The number of rotatable bonds is 3. The third-order valence-corrected chi connectivity index (χ3v) is 1.57. The molecule has 0 aromatic heterocycles. The zero-order valence-corrected chi connectivity index (χ0v) is 6.02. The Kier molecular flexibility index (Phi) is 3.01. The first kappa shape index (κ1) is 7.03. The van der Waals surface area contributed by atoms with Crippen molar-refractivity contribution in [3.8, 4) is 0 Å². The monoisotopic (exact) mass is 129 g/mol. The van der Waals surface area contributed by atoms with Crippen molar-refractivity contribution in [2.24, 2.45) is 0 Å². The van der Waals surface area contributed by atoms with E-state index in [-0.39, 0.29) is 0 Å². The van der Waals surface area contributed by atoms with Gasteiger partial charge in [0, 0.05) is 13.2 Å². The van der Waals surface area contributed by atoms with Crippen molar-refractivity contribution in [1.82, 2.24) is 5.32 Å². The predicted octanol–water partition coefficient (Wildman–Crippen LogP) is 0.775. The first-order valence-electron chi connectivity index (χ1n) is 3.76. The summed E-state index contributed by atoms with van der Waals surface area (Å²) in [6, 6.07) is 0. The van der Waals surface area contributed by atoms with Gasteiger partial charge in [-0.1, -0.05) is 6.92 Å². The third kappa shape index (κ3) is 2.33. The number of hydrogen-bond donors (Lipinski definition) is 1. The lowest BCUT2D eigenvalue weighted by Gasteiger charge is -2.07. The van der Waals surface area contributed by atoms with Crippen LogP contribution in [0.2, 0.25) is 0 Å². The van der Waals surface area contributed by atoms with Crippen molar-refractivity contribution in [1.29, 1.82) is 0 Å². The molecule has 0 spiro atoms. The maximum atomic E-state index is 5.49. The summed E-state index contributed by atoms with van der Waals surface area (Å²) in [7, 11) is 0. The normalized spacial score (nSPS) is 27.0. The molecular formula is C7H15NO. The summed E-state index contributed by atoms with van der Waals surface area (Å²) in [5, 5.41) is 3.26. The highest BCUT2D eigenvalue weighted by Crippen LogP contribution is 2.02. The molecule has 1 saturated heterocycles. The van der Waals surface area contributed by atoms with Crippen molar-refractivity contribution >= 4 is 0 Å². The lowest BCUT2D eigenvalue weighted by Crippen LogP contribution is -2.16. The zero-order valence-electron chi connectivity index (χ0n) is 6.02. The summed E-state index contributed by atoms with van der Waals surface area (Å²) >= 11 is 0. The molecule has 2 heteroatoms. The van der Waals surface area contributed by atoms with Gasteiger partial charge < -0.3 is 10.1 Å². The topological polar surface area (TPSA) is 21.3 Å². The van der Waals surface area contributed by atoms with Crippen LogP contribution in [0.4, 0.5) is 0 Å². The first-order valence-corrected chi connectivity index (χ1v) is 3.76. The molecule has 1 aliphatic heterocycles. The SMILES string of the molecule is CCCO[C@H]1CCNC1. The van der Waals surface area contributed by atoms with Gasteiger partial charge >= 0.3 is 0 Å². The lowest BCUT2D eigenvalue weighted by molar-refractivity contribution is 0.0676. The van der Waals surface area contributed by atoms with E-state index < -0.39 is 0 Å². The summed E-state index contributed by atoms with van der Waals surface area (Å²) in [5.41, 5.74) is 0. The van der Waals surface area contributed by atoms with Gasteiger partial charge in [0.05, 0.1) is 6.10 Å². The fraction of sp³-hybridized carbons (Fsp3) is 1.00. The first-order chi connectivity index (χ1) is 4.43. The van der Waals surface area contributed by atoms with Crippen molar-refractivity contribution < 1.29 is 4.74 Å². The van der Waals surface area contributed by atoms with Crippen molar-refractivity contribution in [3.05, 3.63) is 0 Å². The molecule has 0 saturated carbocycles. The second-order valence-corrected chi connectivity index (χ2v) is 2.49. The molecule has 0 unspecified atom stereocenters. The Hall–Kier alpha value is -0.0800. The number of nitrogens with one attached hydrogen (secondary N) is 1. The van der Waals surface area contributed by atoms with Gasteiger partial charge in [0.25, 0.3) is 0 Å². The average molecular weight is 129 g/mol. The molecule has 54 valence electrons. The summed E-state index contributed by atoms with van der Waals surface area (Å²) in [4.78, 5) is 0. The van der Waals surface area contributed by atoms with Crippen molar-refractivity contribution in [2.75, 3.05) is 19.7 Å². The van der Waals surface area contributed by atoms with Crippen LogP contribution in [0.5, 0.6) is 0 Å². The van der Waals surface area contributed by atoms with Gasteiger partial charge in [-0.05, 0) is 19.4 Å². The van der Waals surface area contributed by atoms with E-state index in [4.69, 9.17) is 4.74 Å². The van der Waals surface area contributed by atoms with E-state index in [1.165, 1.54) is 6.42 Å². The molecular weight excluding hydrogens is 114 g/mol. The predicted molar refractivity (Wildman–Crippen MR) is 37.5 cm³/mol. The summed E-state index contributed by atoms with van der Waals surface area (Å²) < 4.78 is 5.49. The summed E-state index contributed by atoms with van der Waals surface area (Å²) in [6.07, 6.45) is 2.83. The van der Waals surface area contributed by atoms with Gasteiger partial charge in [-0.2, -0.15) is 0 Å². The zero-order chi connectivity index (χ0) is 6.53. The van der Waals surface area contributed by atoms with E-state index in [1.807, 2.05) is 0 Å². The number of ether oxygens (including phenoxy) is 1. The van der Waals surface area contributed by atoms with Gasteiger partial charge in [-0.25, -0.2) is 0 Å². The molecule has 0 amide bonds. The quantitative estimate of drug-likeness (QED) is 0.608. The highest BCUT2D eigenvalue weighted by atomic mass is 16.5. The lowest BCUT2D eigenvalue weighted by atomic mass is 10.3. The van der Waals surface area contributed by atoms with Crippen LogP contribution in [0.25, 0.3) is 0 Å². The largest absolute Gasteiger partial charge is 0.377 e. The maximum Gasteiger partial charge on any atom is 0.0711 e. The highest BCUT2D eigenvalue weighted by molar-refractivity contribution is 4.70. The second kappa shape index (κ2) is 3.85. The molecule has 0 aromatic rings. The molecule has 2 nitrogen and oxygen atoms in total. The molecule has 1 fully saturated rings. The van der Waals surface area contributed by atoms with E-state index in [0.717, 1.165) is 26.1 Å². The molecule has 0 aliphatic carbocycles. The van der Waals surface area contributed by atoms with Gasteiger partial charge in [-0.3, -0.25) is 0 Å². The van der Waals surface area contributed by atoms with Crippen LogP contribution in [0.15, 0.2) is 0 Å². The van der Waals surface area contributed by atoms with Crippen molar-refractivity contribution in [3.63, 3.8) is 0 Å². The average Bonchev–Trinajstić information content (AvgIpc) is 2.34. The molecule has 0 radical (unpaired) electrons. The Morgan fingerprint density at radius 1 is 1.67 bits per heavy atom. The van der Waals surface area contributed by atoms with Gasteiger partial charge in [0.2, 0.25) is 0 Å². The molecule has 1 N–H and O–H groups in total. The van der Waals surface area contributed by atoms with E-state index in [9.17, 15) is 0 Å².